The fourth-order valence-electron chi connectivity index (χ4n) is 3.08. The molecule has 1 amide bonds. The van der Waals surface area contributed by atoms with Gasteiger partial charge in [0.25, 0.3) is 5.91 Å². The first-order chi connectivity index (χ1) is 12.7. The molecule has 6 heteroatoms. The molecule has 1 aliphatic heterocycles. The third kappa shape index (κ3) is 4.52. The minimum absolute atomic E-state index is 0.0723. The second kappa shape index (κ2) is 8.67. The second-order valence-corrected chi connectivity index (χ2v) is 6.28. The standard InChI is InChI=1S/C20H24N2O4/c1-24-18-9-16(10-19(11-18)25-2)20(23)22(14-17-6-4-8-26-17)13-15-5-3-7-21-12-15/h3,5,7,9-12,17H,4,6,8,13-14H2,1-2H3/t17-/m1/s1. The van der Waals surface area contributed by atoms with E-state index in [2.05, 4.69) is 4.98 Å². The first kappa shape index (κ1) is 18.2. The highest BCUT2D eigenvalue weighted by Gasteiger charge is 2.24. The monoisotopic (exact) mass is 356 g/mol. The van der Waals surface area contributed by atoms with Crippen molar-refractivity contribution in [1.82, 2.24) is 9.88 Å². The Morgan fingerprint density at radius 1 is 1.27 bits per heavy atom. The van der Waals surface area contributed by atoms with Crippen LogP contribution in [0.4, 0.5) is 0 Å². The minimum atomic E-state index is -0.0819. The van der Waals surface area contributed by atoms with Crippen LogP contribution in [0.5, 0.6) is 11.5 Å². The first-order valence-corrected chi connectivity index (χ1v) is 8.72. The molecule has 2 aromatic rings. The Bertz CT molecular complexity index is 708. The average molecular weight is 356 g/mol. The van der Waals surface area contributed by atoms with Crippen LogP contribution < -0.4 is 9.47 Å². The van der Waals surface area contributed by atoms with E-state index in [0.29, 0.717) is 30.2 Å². The van der Waals surface area contributed by atoms with Crippen molar-refractivity contribution in [3.8, 4) is 11.5 Å². The summed E-state index contributed by atoms with van der Waals surface area (Å²) in [6.45, 7) is 1.78. The molecule has 138 valence electrons. The second-order valence-electron chi connectivity index (χ2n) is 6.28. The summed E-state index contributed by atoms with van der Waals surface area (Å²) in [5.41, 5.74) is 1.51. The Morgan fingerprint density at radius 3 is 2.62 bits per heavy atom. The van der Waals surface area contributed by atoms with Crippen molar-refractivity contribution >= 4 is 5.91 Å². The van der Waals surface area contributed by atoms with Crippen LogP contribution in [-0.2, 0) is 11.3 Å². The van der Waals surface area contributed by atoms with E-state index in [9.17, 15) is 4.79 Å². The molecule has 6 nitrogen and oxygen atoms in total. The van der Waals surface area contributed by atoms with E-state index in [4.69, 9.17) is 14.2 Å². The maximum absolute atomic E-state index is 13.2. The Morgan fingerprint density at radius 2 is 2.04 bits per heavy atom. The zero-order valence-electron chi connectivity index (χ0n) is 15.2. The number of rotatable bonds is 7. The number of ether oxygens (including phenoxy) is 3. The number of carbonyl (C=O) groups is 1. The quantitative estimate of drug-likeness (QED) is 0.763. The zero-order chi connectivity index (χ0) is 18.4. The van der Waals surface area contributed by atoms with Crippen LogP contribution in [0.1, 0.15) is 28.8 Å². The highest BCUT2D eigenvalue weighted by atomic mass is 16.5. The van der Waals surface area contributed by atoms with Crippen molar-refractivity contribution in [1.29, 1.82) is 0 Å². The van der Waals surface area contributed by atoms with Gasteiger partial charge in [0.05, 0.1) is 20.3 Å². The Hall–Kier alpha value is -2.60. The van der Waals surface area contributed by atoms with Crippen LogP contribution in [0.25, 0.3) is 0 Å². The Balaban J connectivity index is 1.85. The molecule has 0 spiro atoms. The van der Waals surface area contributed by atoms with Crippen LogP contribution in [0.3, 0.4) is 0 Å². The summed E-state index contributed by atoms with van der Waals surface area (Å²) in [4.78, 5) is 19.2. The van der Waals surface area contributed by atoms with Crippen molar-refractivity contribution in [2.45, 2.75) is 25.5 Å². The van der Waals surface area contributed by atoms with Gasteiger partial charge in [0.1, 0.15) is 11.5 Å². The molecule has 0 radical (unpaired) electrons. The van der Waals surface area contributed by atoms with Crippen molar-refractivity contribution in [3.63, 3.8) is 0 Å². The zero-order valence-corrected chi connectivity index (χ0v) is 15.2. The number of pyridine rings is 1. The van der Waals surface area contributed by atoms with Gasteiger partial charge in [0, 0.05) is 43.7 Å². The lowest BCUT2D eigenvalue weighted by Gasteiger charge is -2.26. The molecule has 2 heterocycles. The number of methoxy groups -OCH3 is 2. The fourth-order valence-corrected chi connectivity index (χ4v) is 3.08. The minimum Gasteiger partial charge on any atom is -0.497 e. The van der Waals surface area contributed by atoms with Gasteiger partial charge in [-0.25, -0.2) is 0 Å². The molecular weight excluding hydrogens is 332 g/mol. The van der Waals surface area contributed by atoms with Gasteiger partial charge < -0.3 is 19.1 Å². The lowest BCUT2D eigenvalue weighted by atomic mass is 10.1. The molecule has 26 heavy (non-hydrogen) atoms. The third-order valence-corrected chi connectivity index (χ3v) is 4.43. The predicted octanol–water partition coefficient (Wildman–Crippen LogP) is 2.92. The Kier molecular flexibility index (Phi) is 6.07. The van der Waals surface area contributed by atoms with E-state index in [1.807, 2.05) is 12.1 Å². The number of nitrogens with zero attached hydrogens (tertiary/aromatic N) is 2. The number of amides is 1. The predicted molar refractivity (Wildman–Crippen MR) is 97.5 cm³/mol. The van der Waals surface area contributed by atoms with Crippen molar-refractivity contribution in [2.24, 2.45) is 0 Å². The molecular formula is C20H24N2O4. The molecule has 0 bridgehead atoms. The van der Waals surface area contributed by atoms with Gasteiger partial charge in [-0.1, -0.05) is 6.07 Å². The maximum atomic E-state index is 13.2. The molecule has 3 rings (SSSR count). The van der Waals surface area contributed by atoms with E-state index in [1.165, 1.54) is 0 Å². The maximum Gasteiger partial charge on any atom is 0.254 e. The van der Waals surface area contributed by atoms with Gasteiger partial charge in [-0.15, -0.1) is 0 Å². The molecule has 1 atom stereocenters. The van der Waals surface area contributed by atoms with E-state index >= 15 is 0 Å². The van der Waals surface area contributed by atoms with Gasteiger partial charge in [0.15, 0.2) is 0 Å². The summed E-state index contributed by atoms with van der Waals surface area (Å²) < 4.78 is 16.3. The number of hydrogen-bond donors (Lipinski definition) is 0. The average Bonchev–Trinajstić information content (AvgIpc) is 3.20. The number of carbonyl (C=O) groups excluding carboxylic acids is 1. The number of aromatic nitrogens is 1. The van der Waals surface area contributed by atoms with E-state index in [1.54, 1.807) is 49.7 Å². The van der Waals surface area contributed by atoms with Gasteiger partial charge in [-0.3, -0.25) is 9.78 Å². The van der Waals surface area contributed by atoms with Crippen LogP contribution in [0.15, 0.2) is 42.7 Å². The molecule has 0 N–H and O–H groups in total. The Labute approximate surface area is 153 Å². The molecule has 1 fully saturated rings. The van der Waals surface area contributed by atoms with Gasteiger partial charge in [0.2, 0.25) is 0 Å². The largest absolute Gasteiger partial charge is 0.497 e. The SMILES string of the molecule is COc1cc(OC)cc(C(=O)N(Cc2cccnc2)C[C@H]2CCCO2)c1. The van der Waals surface area contributed by atoms with Crippen LogP contribution in [-0.4, -0.2) is 49.3 Å². The first-order valence-electron chi connectivity index (χ1n) is 8.72. The molecule has 1 aromatic heterocycles. The molecule has 1 aliphatic rings. The summed E-state index contributed by atoms with van der Waals surface area (Å²) in [5.74, 6) is 1.10. The topological polar surface area (TPSA) is 60.9 Å². The van der Waals surface area contributed by atoms with Gasteiger partial charge in [-0.2, -0.15) is 0 Å². The molecule has 1 aromatic carbocycles. The number of hydrogen-bond acceptors (Lipinski definition) is 5. The van der Waals surface area contributed by atoms with E-state index < -0.39 is 0 Å². The molecule has 0 saturated carbocycles. The fraction of sp³-hybridized carbons (Fsp3) is 0.400. The van der Waals surface area contributed by atoms with E-state index in [0.717, 1.165) is 25.0 Å². The normalized spacial score (nSPS) is 16.3. The van der Waals surface area contributed by atoms with Crippen LogP contribution in [0.2, 0.25) is 0 Å². The van der Waals surface area contributed by atoms with Crippen LogP contribution in [0, 0.1) is 0 Å². The van der Waals surface area contributed by atoms with Crippen molar-refractivity contribution < 1.29 is 19.0 Å². The summed E-state index contributed by atoms with van der Waals surface area (Å²) in [6, 6.07) is 9.06. The van der Waals surface area contributed by atoms with Crippen molar-refractivity contribution in [2.75, 3.05) is 27.4 Å². The lowest BCUT2D eigenvalue weighted by molar-refractivity contribution is 0.0506. The molecule has 1 saturated heterocycles. The molecule has 0 aliphatic carbocycles. The summed E-state index contributed by atoms with van der Waals surface area (Å²) in [5, 5.41) is 0. The van der Waals surface area contributed by atoms with Crippen LogP contribution >= 0.6 is 0 Å². The van der Waals surface area contributed by atoms with Gasteiger partial charge in [-0.05, 0) is 36.6 Å². The third-order valence-electron chi connectivity index (χ3n) is 4.43. The highest BCUT2D eigenvalue weighted by molar-refractivity contribution is 5.95. The molecule has 0 unspecified atom stereocenters. The van der Waals surface area contributed by atoms with E-state index in [-0.39, 0.29) is 12.0 Å². The summed E-state index contributed by atoms with van der Waals surface area (Å²) in [7, 11) is 3.14. The lowest BCUT2D eigenvalue weighted by Crippen LogP contribution is -2.37. The van der Waals surface area contributed by atoms with Crippen molar-refractivity contribution in [3.05, 3.63) is 53.9 Å². The highest BCUT2D eigenvalue weighted by Crippen LogP contribution is 2.25. The number of benzene rings is 1. The summed E-state index contributed by atoms with van der Waals surface area (Å²) in [6.07, 6.45) is 5.58. The summed E-state index contributed by atoms with van der Waals surface area (Å²) >= 11 is 0. The smallest absolute Gasteiger partial charge is 0.254 e. The van der Waals surface area contributed by atoms with Gasteiger partial charge >= 0.3 is 0 Å².